The lowest BCUT2D eigenvalue weighted by molar-refractivity contribution is -0.145. The van der Waals surface area contributed by atoms with E-state index in [-0.39, 0.29) is 0 Å². The Kier molecular flexibility index (Phi) is 3.92. The first kappa shape index (κ1) is 13.2. The Balaban J connectivity index is 1.38. The fourth-order valence-electron chi connectivity index (χ4n) is 3.58. The zero-order valence-corrected chi connectivity index (χ0v) is 12.4. The van der Waals surface area contributed by atoms with Crippen LogP contribution in [-0.2, 0) is 11.2 Å². The molecule has 0 radical (unpaired) electrons. The first-order chi connectivity index (χ1) is 9.27. The van der Waals surface area contributed by atoms with E-state index in [1.54, 1.807) is 11.3 Å². The minimum Gasteiger partial charge on any atom is -0.341 e. The first-order valence-corrected chi connectivity index (χ1v) is 8.46. The minimum atomic E-state index is 0.382. The van der Waals surface area contributed by atoms with Crippen molar-refractivity contribution >= 4 is 17.2 Å². The molecule has 104 valence electrons. The summed E-state index contributed by atoms with van der Waals surface area (Å²) in [5, 5.41) is 2.11. The predicted molar refractivity (Wildman–Crippen MR) is 79.4 cm³/mol. The van der Waals surface area contributed by atoms with Crippen molar-refractivity contribution in [2.24, 2.45) is 5.41 Å². The van der Waals surface area contributed by atoms with Crippen LogP contribution in [0.5, 0.6) is 0 Å². The summed E-state index contributed by atoms with van der Waals surface area (Å²) in [5.41, 5.74) is 0.529. The summed E-state index contributed by atoms with van der Waals surface area (Å²) in [6, 6.07) is 4.25. The highest BCUT2D eigenvalue weighted by Crippen LogP contribution is 2.43. The van der Waals surface area contributed by atoms with Crippen molar-refractivity contribution in [3.8, 4) is 0 Å². The highest BCUT2D eigenvalue weighted by molar-refractivity contribution is 7.09. The maximum absolute atomic E-state index is 12.1. The lowest BCUT2D eigenvalue weighted by atomic mass is 9.68. The second kappa shape index (κ2) is 5.66. The molecule has 2 aliphatic rings. The van der Waals surface area contributed by atoms with Gasteiger partial charge >= 0.3 is 0 Å². The van der Waals surface area contributed by atoms with Crippen molar-refractivity contribution in [2.45, 2.75) is 51.4 Å². The molecule has 19 heavy (non-hydrogen) atoms. The molecule has 1 aromatic rings. The molecule has 0 bridgehead atoms. The fourth-order valence-corrected chi connectivity index (χ4v) is 4.34. The Morgan fingerprint density at radius 3 is 2.74 bits per heavy atom. The SMILES string of the molecule is O=C(CCCc1cccs1)N1CC2(CCCCC2)C1. The van der Waals surface area contributed by atoms with Crippen LogP contribution in [0, 0.1) is 5.41 Å². The molecule has 1 aliphatic heterocycles. The number of carbonyl (C=O) groups is 1. The number of likely N-dealkylation sites (tertiary alicyclic amines) is 1. The molecule has 2 nitrogen and oxygen atoms in total. The predicted octanol–water partition coefficient (Wildman–Crippen LogP) is 3.86. The Hall–Kier alpha value is -0.830. The van der Waals surface area contributed by atoms with Crippen LogP contribution < -0.4 is 0 Å². The van der Waals surface area contributed by atoms with E-state index in [2.05, 4.69) is 22.4 Å². The summed E-state index contributed by atoms with van der Waals surface area (Å²) >= 11 is 1.80. The van der Waals surface area contributed by atoms with Gasteiger partial charge in [0.2, 0.25) is 5.91 Å². The second-order valence-electron chi connectivity index (χ2n) is 6.24. The van der Waals surface area contributed by atoms with Gasteiger partial charge in [-0.15, -0.1) is 11.3 Å². The molecule has 0 N–H and O–H groups in total. The molecular weight excluding hydrogens is 254 g/mol. The molecule has 0 aromatic carbocycles. The number of carbonyl (C=O) groups excluding carboxylic acids is 1. The summed E-state index contributed by atoms with van der Waals surface area (Å²) in [6.45, 7) is 2.09. The van der Waals surface area contributed by atoms with Gasteiger partial charge in [0, 0.05) is 29.8 Å². The lowest BCUT2D eigenvalue weighted by Crippen LogP contribution is -2.59. The lowest BCUT2D eigenvalue weighted by Gasteiger charge is -2.52. The van der Waals surface area contributed by atoms with Gasteiger partial charge in [-0.05, 0) is 37.1 Å². The van der Waals surface area contributed by atoms with Crippen molar-refractivity contribution in [2.75, 3.05) is 13.1 Å². The van der Waals surface area contributed by atoms with Gasteiger partial charge in [-0.2, -0.15) is 0 Å². The molecule has 1 spiro atoms. The number of aryl methyl sites for hydroxylation is 1. The van der Waals surface area contributed by atoms with Crippen molar-refractivity contribution < 1.29 is 4.79 Å². The van der Waals surface area contributed by atoms with Crippen LogP contribution in [0.4, 0.5) is 0 Å². The van der Waals surface area contributed by atoms with Crippen LogP contribution in [0.3, 0.4) is 0 Å². The number of hydrogen-bond acceptors (Lipinski definition) is 2. The highest BCUT2D eigenvalue weighted by atomic mass is 32.1. The van der Waals surface area contributed by atoms with Crippen molar-refractivity contribution in [1.29, 1.82) is 0 Å². The van der Waals surface area contributed by atoms with Crippen molar-refractivity contribution in [3.63, 3.8) is 0 Å². The van der Waals surface area contributed by atoms with Gasteiger partial charge in [-0.3, -0.25) is 4.79 Å². The molecule has 0 unspecified atom stereocenters. The van der Waals surface area contributed by atoms with Crippen molar-refractivity contribution in [1.82, 2.24) is 4.90 Å². The van der Waals surface area contributed by atoms with Crippen LogP contribution in [0.25, 0.3) is 0 Å². The number of thiophene rings is 1. The molecule has 1 aliphatic carbocycles. The number of nitrogens with zero attached hydrogens (tertiary/aromatic N) is 1. The quantitative estimate of drug-likeness (QED) is 0.818. The van der Waals surface area contributed by atoms with Gasteiger partial charge in [-0.25, -0.2) is 0 Å². The average Bonchev–Trinajstić information content (AvgIpc) is 2.90. The van der Waals surface area contributed by atoms with Crippen LogP contribution in [-0.4, -0.2) is 23.9 Å². The molecule has 1 saturated carbocycles. The minimum absolute atomic E-state index is 0.382. The Morgan fingerprint density at radius 1 is 1.26 bits per heavy atom. The van der Waals surface area contributed by atoms with Crippen LogP contribution in [0.2, 0.25) is 0 Å². The van der Waals surface area contributed by atoms with Gasteiger partial charge in [0.1, 0.15) is 0 Å². The molecule has 3 rings (SSSR count). The molecule has 1 amide bonds. The van der Waals surface area contributed by atoms with Gasteiger partial charge in [0.25, 0.3) is 0 Å². The maximum atomic E-state index is 12.1. The molecule has 2 fully saturated rings. The molecular formula is C16H23NOS. The fraction of sp³-hybridized carbons (Fsp3) is 0.688. The van der Waals surface area contributed by atoms with E-state index in [1.807, 2.05) is 0 Å². The molecule has 2 heterocycles. The van der Waals surface area contributed by atoms with Crippen LogP contribution >= 0.6 is 11.3 Å². The normalized spacial score (nSPS) is 21.4. The Bertz CT molecular complexity index is 412. The molecule has 0 atom stereocenters. The van der Waals surface area contributed by atoms with Crippen LogP contribution in [0.1, 0.15) is 49.8 Å². The summed E-state index contributed by atoms with van der Waals surface area (Å²) in [4.78, 5) is 15.6. The van der Waals surface area contributed by atoms with E-state index in [1.165, 1.54) is 37.0 Å². The second-order valence-corrected chi connectivity index (χ2v) is 7.28. The molecule has 1 saturated heterocycles. The standard InChI is InChI=1S/C16H23NOS/c18-15(8-4-6-14-7-5-11-19-14)17-12-16(13-17)9-2-1-3-10-16/h5,7,11H,1-4,6,8-10,12-13H2. The molecule has 3 heteroatoms. The van der Waals surface area contributed by atoms with E-state index in [9.17, 15) is 4.79 Å². The zero-order chi connectivity index (χ0) is 13.1. The number of amides is 1. The zero-order valence-electron chi connectivity index (χ0n) is 11.6. The highest BCUT2D eigenvalue weighted by Gasteiger charge is 2.44. The summed E-state index contributed by atoms with van der Waals surface area (Å²) in [7, 11) is 0. The summed E-state index contributed by atoms with van der Waals surface area (Å²) < 4.78 is 0. The first-order valence-electron chi connectivity index (χ1n) is 7.58. The van der Waals surface area contributed by atoms with Gasteiger partial charge in [-0.1, -0.05) is 25.3 Å². The maximum Gasteiger partial charge on any atom is 0.222 e. The van der Waals surface area contributed by atoms with E-state index in [0.29, 0.717) is 11.3 Å². The van der Waals surface area contributed by atoms with E-state index < -0.39 is 0 Å². The van der Waals surface area contributed by atoms with E-state index in [4.69, 9.17) is 0 Å². The number of rotatable bonds is 4. The smallest absolute Gasteiger partial charge is 0.222 e. The van der Waals surface area contributed by atoms with Crippen LogP contribution in [0.15, 0.2) is 17.5 Å². The van der Waals surface area contributed by atoms with Gasteiger partial charge in [0.05, 0.1) is 0 Å². The van der Waals surface area contributed by atoms with Gasteiger partial charge < -0.3 is 4.90 Å². The van der Waals surface area contributed by atoms with Crippen molar-refractivity contribution in [3.05, 3.63) is 22.4 Å². The molecule has 1 aromatic heterocycles. The Labute approximate surface area is 119 Å². The average molecular weight is 277 g/mol. The van der Waals surface area contributed by atoms with Gasteiger partial charge in [0.15, 0.2) is 0 Å². The Morgan fingerprint density at radius 2 is 2.05 bits per heavy atom. The largest absolute Gasteiger partial charge is 0.341 e. The topological polar surface area (TPSA) is 20.3 Å². The summed E-state index contributed by atoms with van der Waals surface area (Å²) in [6.07, 6.45) is 9.65. The van der Waals surface area contributed by atoms with E-state index >= 15 is 0 Å². The third kappa shape index (κ3) is 3.02. The number of hydrogen-bond donors (Lipinski definition) is 0. The summed E-state index contributed by atoms with van der Waals surface area (Å²) in [5.74, 6) is 0.382. The monoisotopic (exact) mass is 277 g/mol. The third-order valence-corrected chi connectivity index (χ3v) is 5.65. The van der Waals surface area contributed by atoms with E-state index in [0.717, 1.165) is 32.4 Å². The third-order valence-electron chi connectivity index (χ3n) is 4.71.